The minimum atomic E-state index is -0.485. The number of hydrogen-bond donors (Lipinski definition) is 0. The molecule has 0 radical (unpaired) electrons. The van der Waals surface area contributed by atoms with Crippen LogP contribution in [0.25, 0.3) is 11.5 Å². The number of nitrogens with zero attached hydrogens (tertiary/aromatic N) is 3. The minimum Gasteiger partial charge on any atom is -0.463 e. The first-order valence-electron chi connectivity index (χ1n) is 8.32. The molecule has 3 aromatic heterocycles. The molecule has 0 aliphatic rings. The summed E-state index contributed by atoms with van der Waals surface area (Å²) in [6.07, 6.45) is 4.16. The normalized spacial score (nSPS) is 11.9. The van der Waals surface area contributed by atoms with Crippen LogP contribution in [0.4, 0.5) is 10.1 Å². The third-order valence-corrected chi connectivity index (χ3v) is 5.19. The van der Waals surface area contributed by atoms with Gasteiger partial charge >= 0.3 is 0 Å². The molecule has 27 heavy (non-hydrogen) atoms. The van der Waals surface area contributed by atoms with E-state index in [0.29, 0.717) is 12.2 Å². The van der Waals surface area contributed by atoms with Gasteiger partial charge < -0.3 is 8.98 Å². The van der Waals surface area contributed by atoms with Crippen molar-refractivity contribution in [3.05, 3.63) is 87.7 Å². The van der Waals surface area contributed by atoms with Crippen LogP contribution in [0.15, 0.2) is 75.8 Å². The first-order valence-corrected chi connectivity index (χ1v) is 9.58. The number of rotatable bonds is 5. The fourth-order valence-electron chi connectivity index (χ4n) is 2.69. The van der Waals surface area contributed by atoms with Gasteiger partial charge in [-0.15, -0.1) is 11.3 Å². The van der Waals surface area contributed by atoms with Gasteiger partial charge in [0.15, 0.2) is 10.6 Å². The van der Waals surface area contributed by atoms with Crippen molar-refractivity contribution in [1.29, 1.82) is 0 Å². The molecule has 1 aromatic carbocycles. The summed E-state index contributed by atoms with van der Waals surface area (Å²) in [5.74, 6) is 0.275. The van der Waals surface area contributed by atoms with Crippen LogP contribution >= 0.6 is 22.9 Å². The molecule has 0 amide bonds. The lowest BCUT2D eigenvalue weighted by Gasteiger charge is -2.07. The first-order chi connectivity index (χ1) is 13.2. The molecule has 4 aromatic rings. The molecule has 7 heteroatoms. The van der Waals surface area contributed by atoms with Crippen molar-refractivity contribution in [3.63, 3.8) is 0 Å². The maximum atomic E-state index is 13.8. The van der Waals surface area contributed by atoms with Gasteiger partial charge in [0.1, 0.15) is 5.82 Å². The topological polar surface area (TPSA) is 43.3 Å². The highest BCUT2D eigenvalue weighted by Gasteiger charge is 2.11. The van der Waals surface area contributed by atoms with E-state index in [0.717, 1.165) is 28.4 Å². The Labute approximate surface area is 164 Å². The van der Waals surface area contributed by atoms with E-state index in [-0.39, 0.29) is 5.02 Å². The van der Waals surface area contributed by atoms with E-state index < -0.39 is 5.82 Å². The van der Waals surface area contributed by atoms with Crippen LogP contribution in [0.1, 0.15) is 5.69 Å². The molecular weight excluding hydrogens is 385 g/mol. The van der Waals surface area contributed by atoms with E-state index in [9.17, 15) is 4.39 Å². The molecule has 0 unspecified atom stereocenters. The van der Waals surface area contributed by atoms with E-state index in [1.165, 1.54) is 23.5 Å². The predicted molar refractivity (Wildman–Crippen MR) is 105 cm³/mol. The van der Waals surface area contributed by atoms with Gasteiger partial charge in [-0.2, -0.15) is 0 Å². The maximum absolute atomic E-state index is 13.8. The summed E-state index contributed by atoms with van der Waals surface area (Å²) < 4.78 is 21.4. The Hall–Kier alpha value is -2.70. The SMILES string of the molecule is Fc1cc(N=c2scc(-c3ccco3)n2CCc2ccccn2)ccc1Cl. The quantitative estimate of drug-likeness (QED) is 0.446. The van der Waals surface area contributed by atoms with Crippen LogP contribution in [0.3, 0.4) is 0 Å². The first kappa shape index (κ1) is 17.7. The van der Waals surface area contributed by atoms with Crippen molar-refractivity contribution in [2.24, 2.45) is 4.99 Å². The van der Waals surface area contributed by atoms with Gasteiger partial charge in [-0.1, -0.05) is 17.7 Å². The Morgan fingerprint density at radius 2 is 2.11 bits per heavy atom. The van der Waals surface area contributed by atoms with Crippen LogP contribution in [0, 0.1) is 5.82 Å². The highest BCUT2D eigenvalue weighted by atomic mass is 35.5. The Bertz CT molecular complexity index is 1100. The number of pyridine rings is 1. The zero-order chi connectivity index (χ0) is 18.6. The smallest absolute Gasteiger partial charge is 0.190 e. The fraction of sp³-hybridized carbons (Fsp3) is 0.100. The highest BCUT2D eigenvalue weighted by Crippen LogP contribution is 2.23. The number of hydrogen-bond acceptors (Lipinski definition) is 4. The molecule has 4 nitrogen and oxygen atoms in total. The molecule has 136 valence electrons. The molecule has 0 saturated heterocycles. The number of furan rings is 1. The van der Waals surface area contributed by atoms with E-state index in [4.69, 9.17) is 16.0 Å². The minimum absolute atomic E-state index is 0.0828. The molecule has 0 saturated carbocycles. The van der Waals surface area contributed by atoms with Gasteiger partial charge in [0.25, 0.3) is 0 Å². The van der Waals surface area contributed by atoms with E-state index in [1.54, 1.807) is 18.5 Å². The molecular formula is C20H15ClFN3OS. The average molecular weight is 400 g/mol. The van der Waals surface area contributed by atoms with Gasteiger partial charge in [0, 0.05) is 36.3 Å². The molecule has 0 aliphatic heterocycles. The Morgan fingerprint density at radius 3 is 2.85 bits per heavy atom. The zero-order valence-electron chi connectivity index (χ0n) is 14.2. The molecule has 0 spiro atoms. The second-order valence-electron chi connectivity index (χ2n) is 5.81. The van der Waals surface area contributed by atoms with Gasteiger partial charge in [-0.3, -0.25) is 4.98 Å². The number of aryl methyl sites for hydroxylation is 1. The molecule has 0 bridgehead atoms. The number of benzene rings is 1. The second-order valence-corrected chi connectivity index (χ2v) is 7.06. The summed E-state index contributed by atoms with van der Waals surface area (Å²) in [4.78, 5) is 9.73. The monoisotopic (exact) mass is 399 g/mol. The summed E-state index contributed by atoms with van der Waals surface area (Å²) in [7, 11) is 0. The Balaban J connectivity index is 1.74. The summed E-state index contributed by atoms with van der Waals surface area (Å²) in [5, 5.41) is 2.07. The van der Waals surface area contributed by atoms with Gasteiger partial charge in [0.05, 0.1) is 22.7 Å². The Morgan fingerprint density at radius 1 is 1.19 bits per heavy atom. The summed E-state index contributed by atoms with van der Waals surface area (Å²) >= 11 is 7.24. The van der Waals surface area contributed by atoms with Crippen molar-refractivity contribution >= 4 is 28.6 Å². The average Bonchev–Trinajstić information content (AvgIpc) is 3.34. The second kappa shape index (κ2) is 7.90. The van der Waals surface area contributed by atoms with Crippen LogP contribution in [0.2, 0.25) is 5.02 Å². The van der Waals surface area contributed by atoms with Crippen molar-refractivity contribution < 1.29 is 8.81 Å². The highest BCUT2D eigenvalue weighted by molar-refractivity contribution is 7.07. The summed E-state index contributed by atoms with van der Waals surface area (Å²) in [6, 6.07) is 14.1. The number of halogens is 2. The van der Waals surface area contributed by atoms with Crippen molar-refractivity contribution in [3.8, 4) is 11.5 Å². The number of aromatic nitrogens is 2. The standard InChI is InChI=1S/C20H15ClFN3OS/c21-16-7-6-15(12-17(16)22)24-20-25(10-8-14-4-1-2-9-23-14)18(13-27-20)19-5-3-11-26-19/h1-7,9,11-13H,8,10H2. The summed E-state index contributed by atoms with van der Waals surface area (Å²) in [5.41, 5.74) is 2.43. The van der Waals surface area contributed by atoms with E-state index >= 15 is 0 Å². The van der Waals surface area contributed by atoms with E-state index in [1.807, 2.05) is 35.7 Å². The molecule has 0 aliphatic carbocycles. The fourth-order valence-corrected chi connectivity index (χ4v) is 3.75. The third kappa shape index (κ3) is 4.02. The Kier molecular flexibility index (Phi) is 5.18. The largest absolute Gasteiger partial charge is 0.463 e. The third-order valence-electron chi connectivity index (χ3n) is 4.02. The van der Waals surface area contributed by atoms with Crippen molar-refractivity contribution in [2.75, 3.05) is 0 Å². The van der Waals surface area contributed by atoms with Crippen molar-refractivity contribution in [1.82, 2.24) is 9.55 Å². The van der Waals surface area contributed by atoms with Crippen LogP contribution in [-0.2, 0) is 13.0 Å². The van der Waals surface area contributed by atoms with Gasteiger partial charge in [-0.25, -0.2) is 9.38 Å². The molecule has 4 rings (SSSR count). The van der Waals surface area contributed by atoms with Crippen molar-refractivity contribution in [2.45, 2.75) is 13.0 Å². The van der Waals surface area contributed by atoms with Crippen LogP contribution < -0.4 is 4.80 Å². The molecule has 0 atom stereocenters. The molecule has 0 N–H and O–H groups in total. The van der Waals surface area contributed by atoms with Gasteiger partial charge in [0.2, 0.25) is 0 Å². The lowest BCUT2D eigenvalue weighted by atomic mass is 10.2. The summed E-state index contributed by atoms with van der Waals surface area (Å²) in [6.45, 7) is 0.672. The molecule has 0 fully saturated rings. The van der Waals surface area contributed by atoms with Crippen LogP contribution in [-0.4, -0.2) is 9.55 Å². The lowest BCUT2D eigenvalue weighted by Crippen LogP contribution is -2.17. The lowest BCUT2D eigenvalue weighted by molar-refractivity contribution is 0.568. The molecule has 3 heterocycles. The predicted octanol–water partition coefficient (Wildman–Crippen LogP) is 5.47. The number of thiazole rings is 1. The maximum Gasteiger partial charge on any atom is 0.190 e. The zero-order valence-corrected chi connectivity index (χ0v) is 15.8. The van der Waals surface area contributed by atoms with E-state index in [2.05, 4.69) is 14.5 Å². The van der Waals surface area contributed by atoms with Crippen LogP contribution in [0.5, 0.6) is 0 Å². The van der Waals surface area contributed by atoms with Gasteiger partial charge in [-0.05, 0) is 36.4 Å².